The second-order valence-corrected chi connectivity index (χ2v) is 5.80. The van der Waals surface area contributed by atoms with Crippen LogP contribution in [-0.4, -0.2) is 48.7 Å². The van der Waals surface area contributed by atoms with Gasteiger partial charge in [0.05, 0.1) is 13.7 Å². The van der Waals surface area contributed by atoms with Crippen molar-refractivity contribution in [3.63, 3.8) is 0 Å². The van der Waals surface area contributed by atoms with Gasteiger partial charge >= 0.3 is 0 Å². The lowest BCUT2D eigenvalue weighted by Gasteiger charge is -2.25. The van der Waals surface area contributed by atoms with Crippen LogP contribution in [0.4, 0.5) is 0 Å². The van der Waals surface area contributed by atoms with E-state index in [9.17, 15) is 5.11 Å². The molecule has 3 N–H and O–H groups in total. The Balaban J connectivity index is 2.56. The smallest absolute Gasteiger partial charge is 0.161 e. The van der Waals surface area contributed by atoms with E-state index in [1.54, 1.807) is 7.11 Å². The van der Waals surface area contributed by atoms with Gasteiger partial charge in [0, 0.05) is 12.1 Å². The minimum Gasteiger partial charge on any atom is -0.493 e. The molecule has 22 heavy (non-hydrogen) atoms. The van der Waals surface area contributed by atoms with E-state index in [2.05, 4.69) is 5.32 Å². The number of hydrogen-bond donors (Lipinski definition) is 3. The molecule has 1 unspecified atom stereocenters. The zero-order valence-electron chi connectivity index (χ0n) is 13.8. The third-order valence-corrected chi connectivity index (χ3v) is 3.19. The van der Waals surface area contributed by atoms with Crippen molar-refractivity contribution < 1.29 is 19.7 Å². The van der Waals surface area contributed by atoms with E-state index in [-0.39, 0.29) is 13.2 Å². The van der Waals surface area contributed by atoms with Crippen LogP contribution in [0.5, 0.6) is 11.5 Å². The van der Waals surface area contributed by atoms with Crippen LogP contribution in [0, 0.1) is 0 Å². The van der Waals surface area contributed by atoms with E-state index in [1.165, 1.54) is 0 Å². The summed E-state index contributed by atoms with van der Waals surface area (Å²) in [5, 5.41) is 22.2. The fraction of sp³-hybridized carbons (Fsp3) is 0.529. The van der Waals surface area contributed by atoms with Crippen molar-refractivity contribution in [2.45, 2.75) is 32.4 Å². The van der Waals surface area contributed by atoms with E-state index in [1.807, 2.05) is 51.1 Å². The van der Waals surface area contributed by atoms with E-state index < -0.39 is 11.6 Å². The first-order valence-electron chi connectivity index (χ1n) is 7.39. The molecule has 1 aromatic carbocycles. The second kappa shape index (κ2) is 8.78. The third-order valence-electron chi connectivity index (χ3n) is 3.19. The van der Waals surface area contributed by atoms with Gasteiger partial charge in [-0.15, -0.1) is 0 Å². The van der Waals surface area contributed by atoms with Crippen molar-refractivity contribution in [1.82, 2.24) is 5.32 Å². The van der Waals surface area contributed by atoms with Crippen molar-refractivity contribution in [3.05, 3.63) is 29.8 Å². The van der Waals surface area contributed by atoms with Gasteiger partial charge in [-0.1, -0.05) is 18.2 Å². The predicted octanol–water partition coefficient (Wildman–Crippen LogP) is 1.83. The molecule has 0 radical (unpaired) electrons. The Kier molecular flexibility index (Phi) is 7.38. The summed E-state index contributed by atoms with van der Waals surface area (Å²) in [6.07, 6.45) is 3.25. The van der Waals surface area contributed by atoms with Gasteiger partial charge in [-0.2, -0.15) is 0 Å². The molecule has 5 nitrogen and oxygen atoms in total. The van der Waals surface area contributed by atoms with Gasteiger partial charge in [0.25, 0.3) is 0 Å². The van der Waals surface area contributed by atoms with Crippen LogP contribution in [0.25, 0.3) is 6.08 Å². The van der Waals surface area contributed by atoms with E-state index in [0.29, 0.717) is 18.0 Å². The first-order chi connectivity index (χ1) is 10.4. The molecule has 0 aliphatic carbocycles. The van der Waals surface area contributed by atoms with E-state index in [0.717, 1.165) is 5.56 Å². The number of nitrogens with one attached hydrogen (secondary N) is 1. The standard InChI is InChI=1S/C17H27NO4/c1-5-6-13-7-8-15(16(9-13)21-4)22-11-14(20)10-18-17(2,3)12-19/h5-9,14,18-20H,10-12H2,1-4H3/b6-5+. The third kappa shape index (κ3) is 6.05. The van der Waals surface area contributed by atoms with Crippen LogP contribution in [-0.2, 0) is 0 Å². The molecule has 0 saturated carbocycles. The first-order valence-corrected chi connectivity index (χ1v) is 7.39. The van der Waals surface area contributed by atoms with Crippen LogP contribution in [0.1, 0.15) is 26.3 Å². The zero-order valence-corrected chi connectivity index (χ0v) is 13.8. The number of ether oxygens (including phenoxy) is 2. The Morgan fingerprint density at radius 3 is 2.64 bits per heavy atom. The van der Waals surface area contributed by atoms with Crippen molar-refractivity contribution in [1.29, 1.82) is 0 Å². The van der Waals surface area contributed by atoms with Gasteiger partial charge < -0.3 is 25.0 Å². The number of benzene rings is 1. The molecule has 0 heterocycles. The largest absolute Gasteiger partial charge is 0.493 e. The number of β-amino-alcohol motifs (C(OH)–C–C–N with tert-alkyl or cyclic N) is 1. The molecular weight excluding hydrogens is 282 g/mol. The number of hydrogen-bond acceptors (Lipinski definition) is 5. The summed E-state index contributed by atoms with van der Waals surface area (Å²) < 4.78 is 10.9. The molecule has 1 atom stereocenters. The highest BCUT2D eigenvalue weighted by Crippen LogP contribution is 2.28. The number of allylic oxidation sites excluding steroid dienone is 1. The van der Waals surface area contributed by atoms with E-state index in [4.69, 9.17) is 14.6 Å². The summed E-state index contributed by atoms with van der Waals surface area (Å²) in [6.45, 7) is 6.17. The summed E-state index contributed by atoms with van der Waals surface area (Å²) >= 11 is 0. The average Bonchev–Trinajstić information content (AvgIpc) is 2.52. The Bertz CT molecular complexity index is 486. The molecule has 0 fully saturated rings. The summed E-state index contributed by atoms with van der Waals surface area (Å²) in [7, 11) is 1.59. The fourth-order valence-corrected chi connectivity index (χ4v) is 1.79. The van der Waals surface area contributed by atoms with Crippen molar-refractivity contribution in [3.8, 4) is 11.5 Å². The molecule has 0 bridgehead atoms. The van der Waals surface area contributed by atoms with Gasteiger partial charge in [-0.25, -0.2) is 0 Å². The maximum absolute atomic E-state index is 9.95. The second-order valence-electron chi connectivity index (χ2n) is 5.80. The first kappa shape index (κ1) is 18.5. The number of rotatable bonds is 9. The lowest BCUT2D eigenvalue weighted by atomic mass is 10.1. The Hall–Kier alpha value is -1.56. The molecule has 0 aliphatic heterocycles. The molecule has 0 saturated heterocycles. The van der Waals surface area contributed by atoms with Crippen LogP contribution in [0.2, 0.25) is 0 Å². The Morgan fingerprint density at radius 1 is 1.32 bits per heavy atom. The highest BCUT2D eigenvalue weighted by atomic mass is 16.5. The molecule has 124 valence electrons. The Morgan fingerprint density at radius 2 is 2.05 bits per heavy atom. The summed E-state index contributed by atoms with van der Waals surface area (Å²) in [5.74, 6) is 1.22. The van der Waals surface area contributed by atoms with Crippen LogP contribution >= 0.6 is 0 Å². The molecule has 1 aromatic rings. The predicted molar refractivity (Wildman–Crippen MR) is 88.4 cm³/mol. The molecule has 5 heteroatoms. The molecule has 0 aliphatic rings. The Labute approximate surface area is 132 Å². The normalized spacial score (nSPS) is 13.4. The van der Waals surface area contributed by atoms with Crippen LogP contribution in [0.3, 0.4) is 0 Å². The number of aliphatic hydroxyl groups is 2. The summed E-state index contributed by atoms with van der Waals surface area (Å²) in [6, 6.07) is 5.64. The molecule has 0 aromatic heterocycles. The number of methoxy groups -OCH3 is 1. The molecule has 0 amide bonds. The monoisotopic (exact) mass is 309 g/mol. The van der Waals surface area contributed by atoms with E-state index >= 15 is 0 Å². The molecule has 1 rings (SSSR count). The minimum atomic E-state index is -0.675. The summed E-state index contributed by atoms with van der Waals surface area (Å²) in [5.41, 5.74) is 0.603. The lowest BCUT2D eigenvalue weighted by Crippen LogP contribution is -2.47. The molecular formula is C17H27NO4. The van der Waals surface area contributed by atoms with Gasteiger partial charge in [0.1, 0.15) is 12.7 Å². The topological polar surface area (TPSA) is 71.0 Å². The zero-order chi connectivity index (χ0) is 16.6. The fourth-order valence-electron chi connectivity index (χ4n) is 1.79. The molecule has 0 spiro atoms. The van der Waals surface area contributed by atoms with Crippen molar-refractivity contribution in [2.75, 3.05) is 26.9 Å². The quantitative estimate of drug-likeness (QED) is 0.649. The lowest BCUT2D eigenvalue weighted by molar-refractivity contribution is 0.0894. The van der Waals surface area contributed by atoms with Crippen molar-refractivity contribution >= 4 is 6.08 Å². The number of aliphatic hydroxyl groups excluding tert-OH is 2. The summed E-state index contributed by atoms with van der Waals surface area (Å²) in [4.78, 5) is 0. The van der Waals surface area contributed by atoms with Gasteiger partial charge in [-0.3, -0.25) is 0 Å². The minimum absolute atomic E-state index is 0.000802. The highest BCUT2D eigenvalue weighted by molar-refractivity contribution is 5.55. The van der Waals surface area contributed by atoms with Gasteiger partial charge in [0.2, 0.25) is 0 Å². The van der Waals surface area contributed by atoms with Crippen LogP contribution in [0.15, 0.2) is 24.3 Å². The van der Waals surface area contributed by atoms with Crippen molar-refractivity contribution in [2.24, 2.45) is 0 Å². The maximum Gasteiger partial charge on any atom is 0.161 e. The maximum atomic E-state index is 9.95. The van der Waals surface area contributed by atoms with Gasteiger partial charge in [-0.05, 0) is 38.5 Å². The SMILES string of the molecule is C/C=C/c1ccc(OCC(O)CNC(C)(C)CO)c(OC)c1. The van der Waals surface area contributed by atoms with Crippen LogP contribution < -0.4 is 14.8 Å². The van der Waals surface area contributed by atoms with Gasteiger partial charge in [0.15, 0.2) is 11.5 Å². The highest BCUT2D eigenvalue weighted by Gasteiger charge is 2.17. The average molecular weight is 309 g/mol.